The molecule has 0 saturated carbocycles. The monoisotopic (exact) mass is 432 g/mol. The largest absolute Gasteiger partial charge is 0.487 e. The highest BCUT2D eigenvalue weighted by Gasteiger charge is 2.12. The molecule has 2 aromatic carbocycles. The van der Waals surface area contributed by atoms with E-state index < -0.39 is 0 Å². The number of nitrogen functional groups attached to an aromatic ring is 1. The van der Waals surface area contributed by atoms with Crippen molar-refractivity contribution in [1.29, 1.82) is 0 Å². The van der Waals surface area contributed by atoms with E-state index in [0.717, 1.165) is 55.8 Å². The Bertz CT molecular complexity index is 1590. The van der Waals surface area contributed by atoms with Crippen molar-refractivity contribution in [2.45, 2.75) is 6.61 Å². The molecule has 33 heavy (non-hydrogen) atoms. The Kier molecular flexibility index (Phi) is 4.51. The van der Waals surface area contributed by atoms with E-state index in [2.05, 4.69) is 49.4 Å². The molecule has 0 aliphatic heterocycles. The normalized spacial score (nSPS) is 11.3. The first-order valence-corrected chi connectivity index (χ1v) is 10.6. The van der Waals surface area contributed by atoms with Crippen LogP contribution in [0.1, 0.15) is 5.69 Å². The summed E-state index contributed by atoms with van der Waals surface area (Å²) in [7, 11) is 0. The lowest BCUT2D eigenvalue weighted by molar-refractivity contribution is 0.301. The van der Waals surface area contributed by atoms with Crippen LogP contribution in [0.25, 0.3) is 44.3 Å². The zero-order valence-electron chi connectivity index (χ0n) is 17.6. The highest BCUT2D eigenvalue weighted by molar-refractivity contribution is 5.99. The van der Waals surface area contributed by atoms with Crippen LogP contribution in [0.3, 0.4) is 0 Å². The molecular formula is C26H20N6O. The van der Waals surface area contributed by atoms with Crippen LogP contribution in [0.5, 0.6) is 5.75 Å². The van der Waals surface area contributed by atoms with E-state index in [1.165, 1.54) is 0 Å². The molecule has 6 aromatic rings. The van der Waals surface area contributed by atoms with Crippen LogP contribution in [0, 0.1) is 0 Å². The number of H-pyrrole nitrogens is 2. The molecule has 4 aromatic heterocycles. The number of aromatic amines is 2. The number of hydrogen-bond donors (Lipinski definition) is 3. The van der Waals surface area contributed by atoms with Crippen LogP contribution in [-0.4, -0.2) is 25.1 Å². The quantitative estimate of drug-likeness (QED) is 0.341. The molecule has 0 unspecified atom stereocenters. The molecule has 0 aliphatic carbocycles. The summed E-state index contributed by atoms with van der Waals surface area (Å²) in [4.78, 5) is 12.3. The number of rotatable bonds is 5. The van der Waals surface area contributed by atoms with Crippen molar-refractivity contribution in [3.8, 4) is 28.1 Å². The summed E-state index contributed by atoms with van der Waals surface area (Å²) in [5.74, 6) is 1.28. The third-order valence-corrected chi connectivity index (χ3v) is 5.69. The maximum Gasteiger partial charge on any atom is 0.153 e. The molecule has 4 heterocycles. The van der Waals surface area contributed by atoms with E-state index in [0.29, 0.717) is 12.4 Å². The third-order valence-electron chi connectivity index (χ3n) is 5.69. The Morgan fingerprint density at radius 1 is 0.818 bits per heavy atom. The molecule has 7 nitrogen and oxygen atoms in total. The number of nitrogens with two attached hydrogens (primary N) is 1. The number of nitrogens with zero attached hydrogens (tertiary/aromatic N) is 3. The molecule has 0 bridgehead atoms. The average molecular weight is 432 g/mol. The summed E-state index contributed by atoms with van der Waals surface area (Å²) in [6, 6.07) is 24.1. The molecule has 0 spiro atoms. The van der Waals surface area contributed by atoms with Crippen molar-refractivity contribution in [1.82, 2.24) is 25.1 Å². The lowest BCUT2D eigenvalue weighted by Gasteiger charge is -2.07. The minimum absolute atomic E-state index is 0.419. The Balaban J connectivity index is 1.35. The van der Waals surface area contributed by atoms with Crippen LogP contribution in [0.2, 0.25) is 0 Å². The van der Waals surface area contributed by atoms with Crippen molar-refractivity contribution < 1.29 is 4.74 Å². The Hall–Kier alpha value is -4.65. The molecule has 0 amide bonds. The van der Waals surface area contributed by atoms with E-state index in [1.807, 2.05) is 54.7 Å². The summed E-state index contributed by atoms with van der Waals surface area (Å²) in [5.41, 5.74) is 12.8. The molecule has 0 saturated heterocycles. The first-order chi connectivity index (χ1) is 16.2. The molecule has 0 atom stereocenters. The second-order valence-electron chi connectivity index (χ2n) is 7.81. The van der Waals surface area contributed by atoms with E-state index in [4.69, 9.17) is 10.5 Å². The maximum absolute atomic E-state index is 6.02. The molecule has 0 aliphatic rings. The Morgan fingerprint density at radius 3 is 2.70 bits per heavy atom. The van der Waals surface area contributed by atoms with Gasteiger partial charge in [0.25, 0.3) is 0 Å². The maximum atomic E-state index is 6.02. The van der Waals surface area contributed by atoms with Crippen LogP contribution in [0.4, 0.5) is 5.82 Å². The van der Waals surface area contributed by atoms with Gasteiger partial charge in [-0.25, -0.2) is 4.98 Å². The Morgan fingerprint density at radius 2 is 1.79 bits per heavy atom. The predicted molar refractivity (Wildman–Crippen MR) is 130 cm³/mol. The number of fused-ring (bicyclic) bond motifs is 2. The van der Waals surface area contributed by atoms with Gasteiger partial charge in [-0.05, 0) is 59.7 Å². The minimum Gasteiger partial charge on any atom is -0.487 e. The van der Waals surface area contributed by atoms with E-state index >= 15 is 0 Å². The fourth-order valence-corrected chi connectivity index (χ4v) is 4.03. The van der Waals surface area contributed by atoms with Gasteiger partial charge in [-0.1, -0.05) is 24.3 Å². The zero-order chi connectivity index (χ0) is 22.2. The van der Waals surface area contributed by atoms with Gasteiger partial charge in [0.05, 0.1) is 11.2 Å². The van der Waals surface area contributed by atoms with Crippen LogP contribution in [-0.2, 0) is 6.61 Å². The highest BCUT2D eigenvalue weighted by atomic mass is 16.5. The van der Waals surface area contributed by atoms with Crippen LogP contribution < -0.4 is 10.5 Å². The lowest BCUT2D eigenvalue weighted by Crippen LogP contribution is -1.97. The van der Waals surface area contributed by atoms with E-state index in [1.54, 1.807) is 6.20 Å². The van der Waals surface area contributed by atoms with Gasteiger partial charge in [0.1, 0.15) is 18.0 Å². The summed E-state index contributed by atoms with van der Waals surface area (Å²) in [5, 5.41) is 8.99. The Labute approximate surface area is 189 Å². The second-order valence-corrected chi connectivity index (χ2v) is 7.81. The fraction of sp³-hybridized carbons (Fsp3) is 0.0385. The van der Waals surface area contributed by atoms with Gasteiger partial charge in [-0.15, -0.1) is 0 Å². The van der Waals surface area contributed by atoms with Gasteiger partial charge in [0.15, 0.2) is 5.82 Å². The van der Waals surface area contributed by atoms with Gasteiger partial charge >= 0.3 is 0 Å². The van der Waals surface area contributed by atoms with E-state index in [9.17, 15) is 0 Å². The van der Waals surface area contributed by atoms with Gasteiger partial charge in [0, 0.05) is 34.4 Å². The van der Waals surface area contributed by atoms with Crippen molar-refractivity contribution in [3.63, 3.8) is 0 Å². The molecule has 0 fully saturated rings. The number of ether oxygens (including phenoxy) is 1. The number of pyridine rings is 2. The van der Waals surface area contributed by atoms with Gasteiger partial charge < -0.3 is 15.5 Å². The number of hydrogen-bond acceptors (Lipinski definition) is 5. The molecule has 7 heteroatoms. The second kappa shape index (κ2) is 7.80. The van der Waals surface area contributed by atoms with Crippen molar-refractivity contribution >= 4 is 27.8 Å². The number of benzene rings is 2. The fourth-order valence-electron chi connectivity index (χ4n) is 4.03. The molecule has 160 valence electrons. The molecule has 4 N–H and O–H groups in total. The first kappa shape index (κ1) is 19.1. The third kappa shape index (κ3) is 3.55. The SMILES string of the molecule is Nc1n[nH]c2ccc(-c3ccnc4[nH]c(-c5cccc(OCc6ccccn6)c5)cc34)cc12. The van der Waals surface area contributed by atoms with Gasteiger partial charge in [-0.2, -0.15) is 5.10 Å². The van der Waals surface area contributed by atoms with Gasteiger partial charge in [-0.3, -0.25) is 10.1 Å². The van der Waals surface area contributed by atoms with Crippen molar-refractivity contribution in [2.24, 2.45) is 0 Å². The van der Waals surface area contributed by atoms with Crippen LogP contribution in [0.15, 0.2) is 85.2 Å². The smallest absolute Gasteiger partial charge is 0.153 e. The van der Waals surface area contributed by atoms with Crippen LogP contribution >= 0.6 is 0 Å². The van der Waals surface area contributed by atoms with Crippen molar-refractivity contribution in [3.05, 3.63) is 90.9 Å². The van der Waals surface area contributed by atoms with Crippen molar-refractivity contribution in [2.75, 3.05) is 5.73 Å². The number of nitrogens with one attached hydrogen (secondary N) is 2. The molecular weight excluding hydrogens is 412 g/mol. The van der Waals surface area contributed by atoms with E-state index in [-0.39, 0.29) is 0 Å². The lowest BCUT2D eigenvalue weighted by atomic mass is 10.0. The van der Waals surface area contributed by atoms with Gasteiger partial charge in [0.2, 0.25) is 0 Å². The predicted octanol–water partition coefficient (Wildman–Crippen LogP) is 5.33. The molecule has 0 radical (unpaired) electrons. The number of aromatic nitrogens is 5. The number of anilines is 1. The molecule has 6 rings (SSSR count). The minimum atomic E-state index is 0.419. The highest BCUT2D eigenvalue weighted by Crippen LogP contribution is 2.34. The average Bonchev–Trinajstić information content (AvgIpc) is 3.47. The summed E-state index contributed by atoms with van der Waals surface area (Å²) >= 11 is 0. The zero-order valence-corrected chi connectivity index (χ0v) is 17.6. The first-order valence-electron chi connectivity index (χ1n) is 10.6. The summed E-state index contributed by atoms with van der Waals surface area (Å²) in [6.45, 7) is 0.419. The standard InChI is InChI=1S/C26H20N6O/c27-25-22-13-16(7-8-23(22)31-32-25)20-9-11-29-26-21(20)14-24(30-26)17-4-3-6-19(12-17)33-15-18-5-1-2-10-28-18/h1-14H,15H2,(H,29,30)(H3,27,31,32). The topological polar surface area (TPSA) is 106 Å². The summed E-state index contributed by atoms with van der Waals surface area (Å²) in [6.07, 6.45) is 3.58. The summed E-state index contributed by atoms with van der Waals surface area (Å²) < 4.78 is 5.95.